The van der Waals surface area contributed by atoms with Crippen molar-refractivity contribution in [1.29, 1.82) is 0 Å². The van der Waals surface area contributed by atoms with Crippen molar-refractivity contribution in [1.82, 2.24) is 20.8 Å². The zero-order valence-corrected chi connectivity index (χ0v) is 18.6. The number of benzene rings is 2. The van der Waals surface area contributed by atoms with Gasteiger partial charge in [-0.15, -0.1) is 0 Å². The van der Waals surface area contributed by atoms with Crippen molar-refractivity contribution in [3.8, 4) is 11.3 Å². The van der Waals surface area contributed by atoms with Crippen LogP contribution in [0.1, 0.15) is 27.2 Å². The minimum absolute atomic E-state index is 0.0119. The van der Waals surface area contributed by atoms with Gasteiger partial charge in [0.1, 0.15) is 0 Å². The number of carbonyl (C=O) groups excluding carboxylic acids is 2. The maximum atomic E-state index is 13.5. The Morgan fingerprint density at radius 1 is 1.00 bits per heavy atom. The molecule has 0 saturated heterocycles. The molecule has 180 valence electrons. The quantitative estimate of drug-likeness (QED) is 0.409. The summed E-state index contributed by atoms with van der Waals surface area (Å²) in [6.45, 7) is 1.67. The van der Waals surface area contributed by atoms with Crippen molar-refractivity contribution >= 4 is 22.9 Å². The second-order valence-electron chi connectivity index (χ2n) is 7.81. The van der Waals surface area contributed by atoms with Crippen LogP contribution in [0, 0.1) is 6.92 Å². The largest absolute Gasteiger partial charge is 0.417 e. The van der Waals surface area contributed by atoms with Crippen LogP contribution in [0.15, 0.2) is 65.2 Å². The van der Waals surface area contributed by atoms with E-state index < -0.39 is 23.6 Å². The maximum absolute atomic E-state index is 13.5. The second kappa shape index (κ2) is 9.96. The van der Waals surface area contributed by atoms with E-state index in [9.17, 15) is 22.8 Å². The Kier molecular flexibility index (Phi) is 6.81. The normalized spacial score (nSPS) is 11.4. The van der Waals surface area contributed by atoms with Crippen molar-refractivity contribution in [2.75, 3.05) is 13.1 Å². The third-order valence-electron chi connectivity index (χ3n) is 5.36. The van der Waals surface area contributed by atoms with Gasteiger partial charge in [0.2, 0.25) is 5.91 Å². The number of nitrogens with zero attached hydrogens (tertiary/aromatic N) is 2. The number of pyridine rings is 1. The van der Waals surface area contributed by atoms with Gasteiger partial charge in [0, 0.05) is 12.1 Å². The zero-order valence-electron chi connectivity index (χ0n) is 18.6. The summed E-state index contributed by atoms with van der Waals surface area (Å²) >= 11 is 0. The van der Waals surface area contributed by atoms with Crippen LogP contribution in [0.4, 0.5) is 13.2 Å². The molecule has 2 aromatic carbocycles. The number of hydrogen-bond donors (Lipinski definition) is 2. The van der Waals surface area contributed by atoms with Crippen LogP contribution < -0.4 is 10.6 Å². The van der Waals surface area contributed by atoms with Gasteiger partial charge in [0.15, 0.2) is 0 Å². The van der Waals surface area contributed by atoms with E-state index >= 15 is 0 Å². The number of aryl methyl sites for hydroxylation is 1. The number of hydrogen-bond acceptors (Lipinski definition) is 5. The van der Waals surface area contributed by atoms with Crippen LogP contribution >= 0.6 is 0 Å². The highest BCUT2D eigenvalue weighted by atomic mass is 19.4. The van der Waals surface area contributed by atoms with Crippen molar-refractivity contribution in [2.45, 2.75) is 19.5 Å². The van der Waals surface area contributed by atoms with E-state index in [0.717, 1.165) is 11.6 Å². The van der Waals surface area contributed by atoms with Crippen LogP contribution in [-0.2, 0) is 17.4 Å². The number of nitrogens with one attached hydrogen (secondary N) is 2. The van der Waals surface area contributed by atoms with E-state index in [1.807, 2.05) is 30.3 Å². The van der Waals surface area contributed by atoms with Crippen molar-refractivity contribution in [3.63, 3.8) is 0 Å². The lowest BCUT2D eigenvalue weighted by atomic mass is 10.0. The molecule has 0 saturated carbocycles. The van der Waals surface area contributed by atoms with E-state index in [4.69, 9.17) is 4.52 Å². The van der Waals surface area contributed by atoms with E-state index in [-0.39, 0.29) is 34.5 Å². The van der Waals surface area contributed by atoms with Gasteiger partial charge in [-0.3, -0.25) is 9.59 Å². The number of halogens is 3. The minimum atomic E-state index is -4.62. The molecule has 2 aromatic heterocycles. The minimum Gasteiger partial charge on any atom is -0.354 e. The topological polar surface area (TPSA) is 97.1 Å². The summed E-state index contributed by atoms with van der Waals surface area (Å²) in [4.78, 5) is 29.3. The number of rotatable bonds is 7. The fourth-order valence-electron chi connectivity index (χ4n) is 3.67. The van der Waals surface area contributed by atoms with Crippen LogP contribution in [0.2, 0.25) is 0 Å². The third-order valence-corrected chi connectivity index (χ3v) is 5.36. The molecule has 7 nitrogen and oxygen atoms in total. The number of aromatic nitrogens is 2. The molecule has 10 heteroatoms. The molecule has 0 bridgehead atoms. The van der Waals surface area contributed by atoms with Gasteiger partial charge in [-0.05, 0) is 31.0 Å². The molecule has 0 aliphatic rings. The van der Waals surface area contributed by atoms with Gasteiger partial charge in [0.05, 0.1) is 34.4 Å². The van der Waals surface area contributed by atoms with Crippen LogP contribution in [0.25, 0.3) is 22.4 Å². The number of amides is 2. The highest BCUT2D eigenvalue weighted by Crippen LogP contribution is 2.37. The summed E-state index contributed by atoms with van der Waals surface area (Å²) in [6, 6.07) is 15.8. The highest BCUT2D eigenvalue weighted by molar-refractivity contribution is 6.07. The molecule has 0 aliphatic carbocycles. The SMILES string of the molecule is Cc1noc2nc(-c3ccccc3C(F)(F)F)cc(C(=O)NCC(=O)NCCc3ccccc3)c12. The van der Waals surface area contributed by atoms with E-state index in [2.05, 4.69) is 20.8 Å². The first-order valence-corrected chi connectivity index (χ1v) is 10.8. The molecule has 2 amide bonds. The van der Waals surface area contributed by atoms with Crippen molar-refractivity contribution in [2.24, 2.45) is 0 Å². The van der Waals surface area contributed by atoms with E-state index in [1.54, 1.807) is 6.92 Å². The predicted octanol–water partition coefficient (Wildman–Crippen LogP) is 4.31. The molecule has 0 unspecified atom stereocenters. The summed E-state index contributed by atoms with van der Waals surface area (Å²) in [7, 11) is 0. The lowest BCUT2D eigenvalue weighted by Gasteiger charge is -2.13. The molecule has 35 heavy (non-hydrogen) atoms. The van der Waals surface area contributed by atoms with Crippen molar-refractivity contribution < 1.29 is 27.3 Å². The number of carbonyl (C=O) groups is 2. The molecule has 0 aliphatic heterocycles. The summed E-state index contributed by atoms with van der Waals surface area (Å²) in [5, 5.41) is 9.29. The number of fused-ring (bicyclic) bond motifs is 1. The Bertz CT molecular complexity index is 1370. The lowest BCUT2D eigenvalue weighted by molar-refractivity contribution is -0.137. The molecule has 0 atom stereocenters. The van der Waals surface area contributed by atoms with Gasteiger partial charge in [-0.1, -0.05) is 53.7 Å². The Morgan fingerprint density at radius 2 is 1.71 bits per heavy atom. The Hall–Kier alpha value is -4.21. The summed E-state index contributed by atoms with van der Waals surface area (Å²) in [6.07, 6.45) is -3.99. The molecule has 0 spiro atoms. The standard InChI is InChI=1S/C25H21F3N4O3/c1-15-22-18(23(34)30-14-21(33)29-12-11-16-7-3-2-4-8-16)13-20(31-24(22)35-32-15)17-9-5-6-10-19(17)25(26,27)28/h2-10,13H,11-12,14H2,1H3,(H,29,33)(H,30,34). The smallest absolute Gasteiger partial charge is 0.354 e. The lowest BCUT2D eigenvalue weighted by Crippen LogP contribution is -2.37. The summed E-state index contributed by atoms with van der Waals surface area (Å²) in [5.41, 5.74) is 0.147. The Balaban J connectivity index is 1.53. The van der Waals surface area contributed by atoms with Gasteiger partial charge in [-0.2, -0.15) is 13.2 Å². The first kappa shape index (κ1) is 23.9. The average molecular weight is 482 g/mol. The Morgan fingerprint density at radius 3 is 2.46 bits per heavy atom. The monoisotopic (exact) mass is 482 g/mol. The van der Waals surface area contributed by atoms with Crippen molar-refractivity contribution in [3.05, 3.63) is 83.0 Å². The highest BCUT2D eigenvalue weighted by Gasteiger charge is 2.34. The molecule has 2 N–H and O–H groups in total. The summed E-state index contributed by atoms with van der Waals surface area (Å²) < 4.78 is 45.8. The average Bonchev–Trinajstić information content (AvgIpc) is 3.22. The molecular weight excluding hydrogens is 461 g/mol. The zero-order chi connectivity index (χ0) is 25.0. The molecule has 4 rings (SSSR count). The van der Waals surface area contributed by atoms with Gasteiger partial charge >= 0.3 is 6.18 Å². The maximum Gasteiger partial charge on any atom is 0.417 e. The van der Waals surface area contributed by atoms with Crippen LogP contribution in [0.3, 0.4) is 0 Å². The number of alkyl halides is 3. The molecular formula is C25H21F3N4O3. The predicted molar refractivity (Wildman–Crippen MR) is 122 cm³/mol. The second-order valence-corrected chi connectivity index (χ2v) is 7.81. The van der Waals surface area contributed by atoms with Crippen LogP contribution in [-0.4, -0.2) is 35.0 Å². The first-order valence-electron chi connectivity index (χ1n) is 10.8. The van der Waals surface area contributed by atoms with E-state index in [0.29, 0.717) is 18.7 Å². The van der Waals surface area contributed by atoms with Gasteiger partial charge in [-0.25, -0.2) is 4.98 Å². The fraction of sp³-hybridized carbons (Fsp3) is 0.200. The van der Waals surface area contributed by atoms with E-state index in [1.165, 1.54) is 24.3 Å². The fourth-order valence-corrected chi connectivity index (χ4v) is 3.67. The van der Waals surface area contributed by atoms with Gasteiger partial charge < -0.3 is 15.2 Å². The van der Waals surface area contributed by atoms with Crippen LogP contribution in [0.5, 0.6) is 0 Å². The first-order chi connectivity index (χ1) is 16.7. The molecule has 0 fully saturated rings. The molecule has 4 aromatic rings. The molecule has 0 radical (unpaired) electrons. The molecule has 2 heterocycles. The Labute approximate surface area is 198 Å². The third kappa shape index (κ3) is 5.48. The summed E-state index contributed by atoms with van der Waals surface area (Å²) in [5.74, 6) is -1.06. The van der Waals surface area contributed by atoms with Gasteiger partial charge in [0.25, 0.3) is 11.6 Å².